The molecule has 0 bridgehead atoms. The summed E-state index contributed by atoms with van der Waals surface area (Å²) in [6, 6.07) is 16.7. The molecule has 0 aromatic heterocycles. The number of methoxy groups -OCH3 is 2. The molecule has 0 aliphatic carbocycles. The van der Waals surface area contributed by atoms with Crippen LogP contribution in [-0.4, -0.2) is 20.3 Å². The predicted octanol–water partition coefficient (Wildman–Crippen LogP) is 3.42. The van der Waals surface area contributed by atoms with Gasteiger partial charge < -0.3 is 14.8 Å². The van der Waals surface area contributed by atoms with Gasteiger partial charge in [0, 0.05) is 12.6 Å². The Kier molecular flexibility index (Phi) is 5.64. The van der Waals surface area contributed by atoms with E-state index in [1.54, 1.807) is 14.2 Å². The second-order valence-electron chi connectivity index (χ2n) is 5.15. The molecule has 3 nitrogen and oxygen atoms in total. The fourth-order valence-electron chi connectivity index (χ4n) is 2.31. The Morgan fingerprint density at radius 1 is 0.952 bits per heavy atom. The number of para-hydroxylation sites is 1. The first-order valence-corrected chi connectivity index (χ1v) is 7.21. The summed E-state index contributed by atoms with van der Waals surface area (Å²) in [5.41, 5.74) is 2.48. The van der Waals surface area contributed by atoms with Crippen molar-refractivity contribution in [2.75, 3.05) is 14.2 Å². The van der Waals surface area contributed by atoms with Gasteiger partial charge in [-0.15, -0.1) is 0 Å². The van der Waals surface area contributed by atoms with Crippen molar-refractivity contribution in [2.45, 2.75) is 25.9 Å². The number of nitrogens with one attached hydrogen (secondary N) is 1. The number of hydrogen-bond donors (Lipinski definition) is 1. The molecule has 0 spiro atoms. The second kappa shape index (κ2) is 7.70. The molecule has 0 heterocycles. The minimum atomic E-state index is 0.378. The first-order valence-electron chi connectivity index (χ1n) is 7.21. The number of ether oxygens (including phenoxy) is 2. The lowest BCUT2D eigenvalue weighted by Crippen LogP contribution is -2.27. The van der Waals surface area contributed by atoms with Gasteiger partial charge in [-0.2, -0.15) is 0 Å². The maximum absolute atomic E-state index is 5.39. The van der Waals surface area contributed by atoms with Gasteiger partial charge in [-0.3, -0.25) is 0 Å². The molecule has 2 aromatic rings. The molecular formula is C18H23NO2. The van der Waals surface area contributed by atoms with Crippen molar-refractivity contribution in [3.05, 3.63) is 59.7 Å². The number of rotatable bonds is 7. The van der Waals surface area contributed by atoms with Gasteiger partial charge in [0.25, 0.3) is 0 Å². The van der Waals surface area contributed by atoms with E-state index in [9.17, 15) is 0 Å². The van der Waals surface area contributed by atoms with Crippen molar-refractivity contribution < 1.29 is 9.47 Å². The Morgan fingerprint density at radius 2 is 1.67 bits per heavy atom. The molecule has 0 aliphatic rings. The van der Waals surface area contributed by atoms with Gasteiger partial charge >= 0.3 is 0 Å². The molecule has 112 valence electrons. The summed E-state index contributed by atoms with van der Waals surface area (Å²) >= 11 is 0. The van der Waals surface area contributed by atoms with Crippen molar-refractivity contribution in [3.8, 4) is 11.5 Å². The lowest BCUT2D eigenvalue weighted by molar-refractivity contribution is 0.406. The summed E-state index contributed by atoms with van der Waals surface area (Å²) in [6.07, 6.45) is 0.945. The molecule has 0 fully saturated rings. The summed E-state index contributed by atoms with van der Waals surface area (Å²) in [4.78, 5) is 0. The minimum Gasteiger partial charge on any atom is -0.497 e. The van der Waals surface area contributed by atoms with Crippen molar-refractivity contribution in [1.29, 1.82) is 0 Å². The third-order valence-corrected chi connectivity index (χ3v) is 3.53. The van der Waals surface area contributed by atoms with E-state index >= 15 is 0 Å². The van der Waals surface area contributed by atoms with Crippen LogP contribution in [0.4, 0.5) is 0 Å². The lowest BCUT2D eigenvalue weighted by atomic mass is 10.1. The Bertz CT molecular complexity index is 551. The molecule has 0 radical (unpaired) electrons. The van der Waals surface area contributed by atoms with Gasteiger partial charge in [0.1, 0.15) is 11.5 Å². The highest BCUT2D eigenvalue weighted by atomic mass is 16.5. The summed E-state index contributed by atoms with van der Waals surface area (Å²) in [5, 5.41) is 3.54. The van der Waals surface area contributed by atoms with E-state index in [0.717, 1.165) is 24.5 Å². The van der Waals surface area contributed by atoms with Crippen molar-refractivity contribution >= 4 is 0 Å². The smallest absolute Gasteiger partial charge is 0.122 e. The van der Waals surface area contributed by atoms with E-state index in [0.29, 0.717) is 6.04 Å². The molecule has 1 N–H and O–H groups in total. The second-order valence-corrected chi connectivity index (χ2v) is 5.15. The Balaban J connectivity index is 1.87. The van der Waals surface area contributed by atoms with Crippen molar-refractivity contribution in [2.24, 2.45) is 0 Å². The van der Waals surface area contributed by atoms with E-state index in [2.05, 4.69) is 30.4 Å². The fourth-order valence-corrected chi connectivity index (χ4v) is 2.31. The van der Waals surface area contributed by atoms with Crippen LogP contribution in [0.15, 0.2) is 48.5 Å². The van der Waals surface area contributed by atoms with Crippen LogP contribution >= 0.6 is 0 Å². The Labute approximate surface area is 126 Å². The molecule has 0 aliphatic heterocycles. The maximum Gasteiger partial charge on any atom is 0.122 e. The summed E-state index contributed by atoms with van der Waals surface area (Å²) in [7, 11) is 3.40. The van der Waals surface area contributed by atoms with Crippen LogP contribution < -0.4 is 14.8 Å². The standard InChI is InChI=1S/C18H23NO2/c1-14(12-16-6-4-5-7-18(16)21-3)19-13-15-8-10-17(20-2)11-9-15/h4-11,14,19H,12-13H2,1-3H3. The van der Waals surface area contributed by atoms with Crippen LogP contribution in [0.3, 0.4) is 0 Å². The quantitative estimate of drug-likeness (QED) is 0.845. The molecule has 3 heteroatoms. The zero-order valence-electron chi connectivity index (χ0n) is 12.9. The van der Waals surface area contributed by atoms with Crippen LogP contribution in [0.2, 0.25) is 0 Å². The van der Waals surface area contributed by atoms with Crippen LogP contribution in [0, 0.1) is 0 Å². The summed E-state index contributed by atoms with van der Waals surface area (Å²) in [5.74, 6) is 1.84. The van der Waals surface area contributed by atoms with Gasteiger partial charge in [0.05, 0.1) is 14.2 Å². The normalized spacial score (nSPS) is 12.0. The van der Waals surface area contributed by atoms with E-state index in [4.69, 9.17) is 9.47 Å². The SMILES string of the molecule is COc1ccc(CNC(C)Cc2ccccc2OC)cc1. The molecule has 2 rings (SSSR count). The van der Waals surface area contributed by atoms with Gasteiger partial charge in [-0.05, 0) is 42.7 Å². The minimum absolute atomic E-state index is 0.378. The predicted molar refractivity (Wildman–Crippen MR) is 86.0 cm³/mol. The van der Waals surface area contributed by atoms with Crippen molar-refractivity contribution in [1.82, 2.24) is 5.32 Å². The van der Waals surface area contributed by atoms with Gasteiger partial charge in [0.2, 0.25) is 0 Å². The van der Waals surface area contributed by atoms with E-state index in [1.165, 1.54) is 11.1 Å². The van der Waals surface area contributed by atoms with Crippen LogP contribution in [0.25, 0.3) is 0 Å². The highest BCUT2D eigenvalue weighted by molar-refractivity contribution is 5.33. The first kappa shape index (κ1) is 15.4. The van der Waals surface area contributed by atoms with Crippen molar-refractivity contribution in [3.63, 3.8) is 0 Å². The molecule has 0 saturated carbocycles. The number of benzene rings is 2. The number of hydrogen-bond acceptors (Lipinski definition) is 3. The monoisotopic (exact) mass is 285 g/mol. The molecule has 1 unspecified atom stereocenters. The zero-order chi connectivity index (χ0) is 15.1. The lowest BCUT2D eigenvalue weighted by Gasteiger charge is -2.16. The average molecular weight is 285 g/mol. The summed E-state index contributed by atoms with van der Waals surface area (Å²) < 4.78 is 10.6. The molecular weight excluding hydrogens is 262 g/mol. The topological polar surface area (TPSA) is 30.5 Å². The first-order chi connectivity index (χ1) is 10.2. The molecule has 1 atom stereocenters. The maximum atomic E-state index is 5.39. The van der Waals surface area contributed by atoms with E-state index in [-0.39, 0.29) is 0 Å². The Hall–Kier alpha value is -2.00. The third kappa shape index (κ3) is 4.50. The highest BCUT2D eigenvalue weighted by Crippen LogP contribution is 2.19. The molecule has 2 aromatic carbocycles. The van der Waals surface area contributed by atoms with Gasteiger partial charge in [-0.25, -0.2) is 0 Å². The van der Waals surface area contributed by atoms with Gasteiger partial charge in [0.15, 0.2) is 0 Å². The van der Waals surface area contributed by atoms with E-state index in [1.807, 2.05) is 30.3 Å². The highest BCUT2D eigenvalue weighted by Gasteiger charge is 2.07. The largest absolute Gasteiger partial charge is 0.497 e. The van der Waals surface area contributed by atoms with Gasteiger partial charge in [-0.1, -0.05) is 30.3 Å². The van der Waals surface area contributed by atoms with Crippen LogP contribution in [0.5, 0.6) is 11.5 Å². The summed E-state index contributed by atoms with van der Waals surface area (Å²) in [6.45, 7) is 3.04. The van der Waals surface area contributed by atoms with E-state index < -0.39 is 0 Å². The zero-order valence-corrected chi connectivity index (χ0v) is 12.9. The van der Waals surface area contributed by atoms with Crippen LogP contribution in [-0.2, 0) is 13.0 Å². The average Bonchev–Trinajstić information content (AvgIpc) is 2.54. The molecule has 0 amide bonds. The molecule has 21 heavy (non-hydrogen) atoms. The Morgan fingerprint density at radius 3 is 2.33 bits per heavy atom. The van der Waals surface area contributed by atoms with Crippen LogP contribution in [0.1, 0.15) is 18.1 Å². The third-order valence-electron chi connectivity index (χ3n) is 3.53. The fraction of sp³-hybridized carbons (Fsp3) is 0.333. The molecule has 0 saturated heterocycles.